The predicted molar refractivity (Wildman–Crippen MR) is 102 cm³/mol. The Labute approximate surface area is 162 Å². The maximum absolute atomic E-state index is 12.8. The van der Waals surface area contributed by atoms with E-state index in [0.717, 1.165) is 5.56 Å². The molecule has 26 heavy (non-hydrogen) atoms. The highest BCUT2D eigenvalue weighted by molar-refractivity contribution is 6.33. The average molecular weight is 392 g/mol. The van der Waals surface area contributed by atoms with E-state index in [0.29, 0.717) is 28.5 Å². The highest BCUT2D eigenvalue weighted by Crippen LogP contribution is 2.25. The molecule has 0 bridgehead atoms. The number of likely N-dealkylation sites (tertiary alicyclic amines) is 1. The maximum atomic E-state index is 12.8. The Hall–Kier alpha value is -1.88. The van der Waals surface area contributed by atoms with Crippen LogP contribution in [0.3, 0.4) is 0 Å². The monoisotopic (exact) mass is 391 g/mol. The van der Waals surface area contributed by atoms with Crippen molar-refractivity contribution in [2.24, 2.45) is 0 Å². The molecule has 2 atom stereocenters. The summed E-state index contributed by atoms with van der Waals surface area (Å²) in [6, 6.07) is 13.4. The van der Waals surface area contributed by atoms with Crippen molar-refractivity contribution < 1.29 is 14.7 Å². The molecule has 1 aliphatic rings. The van der Waals surface area contributed by atoms with Gasteiger partial charge in [0.2, 0.25) is 0 Å². The molecule has 2 aromatic carbocycles. The lowest BCUT2D eigenvalue weighted by molar-refractivity contribution is -0.122. The van der Waals surface area contributed by atoms with Crippen molar-refractivity contribution >= 4 is 34.9 Å². The average Bonchev–Trinajstić information content (AvgIpc) is 3.03. The summed E-state index contributed by atoms with van der Waals surface area (Å²) in [6.45, 7) is 0.140. The van der Waals surface area contributed by atoms with Crippen LogP contribution >= 0.6 is 23.2 Å². The number of hydrogen-bond acceptors (Lipinski definition) is 3. The van der Waals surface area contributed by atoms with Crippen LogP contribution in [-0.2, 0) is 11.2 Å². The number of aliphatic hydroxyl groups is 1. The molecule has 136 valence electrons. The van der Waals surface area contributed by atoms with Gasteiger partial charge in [-0.05, 0) is 36.2 Å². The van der Waals surface area contributed by atoms with Gasteiger partial charge in [-0.2, -0.15) is 0 Å². The molecule has 1 fully saturated rings. The number of carbonyl (C=O) groups is 2. The number of β-amino-alcohol motifs (C(OH)–C–C–N with tert-alkyl or cyclic N) is 1. The van der Waals surface area contributed by atoms with E-state index >= 15 is 0 Å². The molecule has 0 spiro atoms. The summed E-state index contributed by atoms with van der Waals surface area (Å²) >= 11 is 12.0. The van der Waals surface area contributed by atoms with Gasteiger partial charge in [0.1, 0.15) is 0 Å². The summed E-state index contributed by atoms with van der Waals surface area (Å²) in [6.07, 6.45) is 0.420. The number of carbonyl (C=O) groups excluding carboxylic acids is 2. The van der Waals surface area contributed by atoms with E-state index in [9.17, 15) is 14.7 Å². The van der Waals surface area contributed by atoms with Gasteiger partial charge in [0.25, 0.3) is 5.91 Å². The number of amides is 1. The lowest BCUT2D eigenvalue weighted by Crippen LogP contribution is -2.41. The van der Waals surface area contributed by atoms with Gasteiger partial charge in [0.15, 0.2) is 5.78 Å². The van der Waals surface area contributed by atoms with E-state index < -0.39 is 12.1 Å². The number of halogens is 2. The number of nitrogens with zero attached hydrogens (tertiary/aromatic N) is 1. The Morgan fingerprint density at radius 1 is 1.08 bits per heavy atom. The number of benzene rings is 2. The van der Waals surface area contributed by atoms with Crippen LogP contribution in [0.4, 0.5) is 0 Å². The molecule has 0 radical (unpaired) electrons. The van der Waals surface area contributed by atoms with Crippen molar-refractivity contribution in [3.8, 4) is 0 Å². The number of aryl methyl sites for hydroxylation is 1. The van der Waals surface area contributed by atoms with Gasteiger partial charge in [-0.1, -0.05) is 47.5 Å². The minimum Gasteiger partial charge on any atom is -0.391 e. The SMILES string of the molecule is O=C(CCc1ccc(Cl)cc1)[C@@H]1C[C@@H](O)CN1C(=O)c1ccccc1Cl. The standard InChI is InChI=1S/C20H19Cl2NO3/c21-14-8-5-13(6-9-14)7-10-19(25)18-11-15(24)12-23(18)20(26)16-3-1-2-4-17(16)22/h1-6,8-9,15,18,24H,7,10-12H2/t15-,18+/m1/s1. The van der Waals surface area contributed by atoms with Crippen LogP contribution in [0.2, 0.25) is 10.0 Å². The maximum Gasteiger partial charge on any atom is 0.256 e. The molecule has 2 aromatic rings. The Balaban J connectivity index is 1.70. The molecule has 3 rings (SSSR count). The van der Waals surface area contributed by atoms with Crippen molar-refractivity contribution in [1.29, 1.82) is 0 Å². The van der Waals surface area contributed by atoms with Gasteiger partial charge < -0.3 is 10.0 Å². The molecule has 0 aromatic heterocycles. The molecule has 0 unspecified atom stereocenters. The first-order valence-electron chi connectivity index (χ1n) is 8.46. The molecule has 6 heteroatoms. The molecule has 1 aliphatic heterocycles. The quantitative estimate of drug-likeness (QED) is 0.843. The molecule has 1 saturated heterocycles. The Morgan fingerprint density at radius 3 is 2.46 bits per heavy atom. The number of Topliss-reactive ketones (excluding diaryl/α,β-unsaturated/α-hetero) is 1. The molecule has 1 heterocycles. The molecule has 1 N–H and O–H groups in total. The zero-order valence-electron chi connectivity index (χ0n) is 14.1. The van der Waals surface area contributed by atoms with Crippen molar-refractivity contribution in [3.05, 3.63) is 69.7 Å². The Kier molecular flexibility index (Phi) is 5.97. The van der Waals surface area contributed by atoms with Gasteiger partial charge >= 0.3 is 0 Å². The fourth-order valence-corrected chi connectivity index (χ4v) is 3.56. The van der Waals surface area contributed by atoms with Crippen LogP contribution < -0.4 is 0 Å². The molecule has 0 aliphatic carbocycles. The number of hydrogen-bond donors (Lipinski definition) is 1. The number of ketones is 1. The van der Waals surface area contributed by atoms with Crippen LogP contribution in [0.5, 0.6) is 0 Å². The second-order valence-electron chi connectivity index (χ2n) is 6.44. The van der Waals surface area contributed by atoms with E-state index in [2.05, 4.69) is 0 Å². The fourth-order valence-electron chi connectivity index (χ4n) is 3.22. The summed E-state index contributed by atoms with van der Waals surface area (Å²) < 4.78 is 0. The molecule has 1 amide bonds. The largest absolute Gasteiger partial charge is 0.391 e. The third-order valence-corrected chi connectivity index (χ3v) is 5.17. The van der Waals surface area contributed by atoms with E-state index in [1.165, 1.54) is 4.90 Å². The van der Waals surface area contributed by atoms with Crippen LogP contribution in [0.25, 0.3) is 0 Å². The van der Waals surface area contributed by atoms with Crippen LogP contribution in [0, 0.1) is 0 Å². The molecule has 0 saturated carbocycles. The van der Waals surface area contributed by atoms with Crippen molar-refractivity contribution in [2.75, 3.05) is 6.54 Å². The second-order valence-corrected chi connectivity index (χ2v) is 7.28. The zero-order valence-corrected chi connectivity index (χ0v) is 15.6. The Bertz CT molecular complexity index is 807. The van der Waals surface area contributed by atoms with Gasteiger partial charge in [-0.3, -0.25) is 9.59 Å². The van der Waals surface area contributed by atoms with Gasteiger partial charge in [0, 0.05) is 24.4 Å². The van der Waals surface area contributed by atoms with E-state index in [1.54, 1.807) is 36.4 Å². The minimum atomic E-state index is -0.703. The van der Waals surface area contributed by atoms with E-state index in [-0.39, 0.29) is 24.7 Å². The normalized spacial score (nSPS) is 19.6. The summed E-state index contributed by atoms with van der Waals surface area (Å²) in [5, 5.41) is 11.0. The Morgan fingerprint density at radius 2 is 1.77 bits per heavy atom. The second kappa shape index (κ2) is 8.21. The first-order chi connectivity index (χ1) is 12.5. The number of rotatable bonds is 5. The van der Waals surface area contributed by atoms with Crippen LogP contribution in [0.15, 0.2) is 48.5 Å². The predicted octanol–water partition coefficient (Wildman–Crippen LogP) is 3.77. The van der Waals surface area contributed by atoms with E-state index in [1.807, 2.05) is 12.1 Å². The van der Waals surface area contributed by atoms with Crippen molar-refractivity contribution in [1.82, 2.24) is 4.90 Å². The molecular weight excluding hydrogens is 373 g/mol. The van der Waals surface area contributed by atoms with Crippen molar-refractivity contribution in [2.45, 2.75) is 31.4 Å². The highest BCUT2D eigenvalue weighted by atomic mass is 35.5. The first-order valence-corrected chi connectivity index (χ1v) is 9.22. The molecule has 4 nitrogen and oxygen atoms in total. The topological polar surface area (TPSA) is 57.6 Å². The summed E-state index contributed by atoms with van der Waals surface area (Å²) in [5.74, 6) is -0.381. The number of aliphatic hydroxyl groups excluding tert-OH is 1. The fraction of sp³-hybridized carbons (Fsp3) is 0.300. The molecular formula is C20H19Cl2NO3. The first kappa shape index (κ1) is 18.9. The smallest absolute Gasteiger partial charge is 0.256 e. The minimum absolute atomic E-state index is 0.0584. The van der Waals surface area contributed by atoms with Gasteiger partial charge in [-0.15, -0.1) is 0 Å². The third kappa shape index (κ3) is 4.26. The van der Waals surface area contributed by atoms with Gasteiger partial charge in [-0.25, -0.2) is 0 Å². The highest BCUT2D eigenvalue weighted by Gasteiger charge is 2.39. The summed E-state index contributed by atoms with van der Waals surface area (Å²) in [4.78, 5) is 26.9. The van der Waals surface area contributed by atoms with Gasteiger partial charge in [0.05, 0.1) is 22.7 Å². The lowest BCUT2D eigenvalue weighted by atomic mass is 10.0. The zero-order chi connectivity index (χ0) is 18.7. The summed E-state index contributed by atoms with van der Waals surface area (Å²) in [5.41, 5.74) is 1.35. The summed E-state index contributed by atoms with van der Waals surface area (Å²) in [7, 11) is 0. The van der Waals surface area contributed by atoms with E-state index in [4.69, 9.17) is 23.2 Å². The van der Waals surface area contributed by atoms with Crippen LogP contribution in [-0.4, -0.2) is 40.4 Å². The lowest BCUT2D eigenvalue weighted by Gasteiger charge is -2.24. The van der Waals surface area contributed by atoms with Crippen molar-refractivity contribution in [3.63, 3.8) is 0 Å². The van der Waals surface area contributed by atoms with Crippen LogP contribution in [0.1, 0.15) is 28.8 Å². The third-order valence-electron chi connectivity index (χ3n) is 4.59.